The summed E-state index contributed by atoms with van der Waals surface area (Å²) < 4.78 is 89.3. The highest BCUT2D eigenvalue weighted by Gasteiger charge is 2.44. The van der Waals surface area contributed by atoms with E-state index in [1.54, 1.807) is 18.5 Å². The number of nitrogens with zero attached hydrogens (tertiary/aromatic N) is 4. The molecule has 0 unspecified atom stereocenters. The molecule has 344 valence electrons. The van der Waals surface area contributed by atoms with Gasteiger partial charge in [-0.3, -0.25) is 19.9 Å². The van der Waals surface area contributed by atoms with Gasteiger partial charge in [0.15, 0.2) is 52.6 Å². The molecule has 6 radical (unpaired) electrons. The minimum Gasteiger partial charge on any atom is -0.479 e. The molecule has 18 heteroatoms. The number of aromatic nitrogens is 4. The number of halogens is 4. The Morgan fingerprint density at radius 1 is 0.397 bits per heavy atom. The number of ether oxygens (including phenoxy) is 8. The van der Waals surface area contributed by atoms with Crippen LogP contribution in [0.4, 0.5) is 17.6 Å². The fourth-order valence-electron chi connectivity index (χ4n) is 4.75. The molecular formula is C45H62B2F4N4O8. The predicted octanol–water partition coefficient (Wildman–Crippen LogP) is 11.5. The highest BCUT2D eigenvalue weighted by Crippen LogP contribution is 2.41. The molecule has 0 amide bonds. The molecule has 0 aliphatic carbocycles. The molecule has 0 atom stereocenters. The summed E-state index contributed by atoms with van der Waals surface area (Å²) in [5.74, 6) is 6.41. The van der Waals surface area contributed by atoms with E-state index in [0.717, 1.165) is 51.9 Å². The third kappa shape index (κ3) is 18.6. The van der Waals surface area contributed by atoms with Gasteiger partial charge in [0.05, 0.1) is 24.8 Å². The molecule has 4 aromatic rings. The van der Waals surface area contributed by atoms with Crippen molar-refractivity contribution in [3.05, 3.63) is 71.8 Å². The number of rotatable bonds is 4. The van der Waals surface area contributed by atoms with Crippen molar-refractivity contribution in [2.75, 3.05) is 20.2 Å². The van der Waals surface area contributed by atoms with Gasteiger partial charge in [0.1, 0.15) is 0 Å². The third-order valence-electron chi connectivity index (χ3n) is 7.75. The molecule has 4 aromatic heterocycles. The summed E-state index contributed by atoms with van der Waals surface area (Å²) in [4.78, 5) is 16.5. The summed E-state index contributed by atoms with van der Waals surface area (Å²) >= 11 is 0. The van der Waals surface area contributed by atoms with Crippen LogP contribution in [0.5, 0.6) is 46.0 Å². The summed E-state index contributed by atoms with van der Waals surface area (Å²) in [5.41, 5.74) is 3.58. The molecule has 4 aliphatic heterocycles. The number of fused-ring (bicyclic) bond motifs is 4. The quantitative estimate of drug-likeness (QED) is 0.143. The van der Waals surface area contributed by atoms with Gasteiger partial charge in [-0.15, -0.1) is 8.78 Å². The van der Waals surface area contributed by atoms with Crippen LogP contribution in [0.2, 0.25) is 0 Å². The van der Waals surface area contributed by atoms with Gasteiger partial charge in [-0.2, -0.15) is 8.78 Å². The average molecular weight is 885 g/mol. The number of hydrogen-bond donors (Lipinski definition) is 0. The molecule has 0 N–H and O–H groups in total. The Balaban J connectivity index is 0.000000394. The first-order valence-electron chi connectivity index (χ1n) is 20.4. The topological polar surface area (TPSA) is 125 Å². The Kier molecular flexibility index (Phi) is 22.4. The standard InChI is InChI=1S/C10H11F2NO2.C9H9F2NO2.2C9H11NO2.2C4H10.2B/c1-6(2)7-3-8-9(4-13-7)15-10(11,12)5-14-8;1-5(2)6-3-7-8(4-12-6)14-9(10,11)13-7;2*1-6(2)7-3-8-9(4-10-7)12-5-11-8;2*1-4(2)3;;/h3-4,6H,5H2,1-2H3;3-5H,1-2H3;2*3-4,6H,5H2,1-2H3;2*4H,1-3H3;;. The molecular weight excluding hydrogens is 822 g/mol. The van der Waals surface area contributed by atoms with E-state index in [4.69, 9.17) is 23.7 Å². The Morgan fingerprint density at radius 2 is 0.667 bits per heavy atom. The second kappa shape index (κ2) is 25.2. The number of hydrogen-bond acceptors (Lipinski definition) is 12. The van der Waals surface area contributed by atoms with Crippen LogP contribution >= 0.6 is 0 Å². The van der Waals surface area contributed by atoms with Crippen LogP contribution in [-0.4, -0.2) is 69.4 Å². The van der Waals surface area contributed by atoms with Crippen LogP contribution in [0.15, 0.2) is 49.1 Å². The zero-order valence-electron chi connectivity index (χ0n) is 38.9. The predicted molar refractivity (Wildman–Crippen MR) is 235 cm³/mol. The van der Waals surface area contributed by atoms with Gasteiger partial charge in [-0.05, 0) is 35.5 Å². The van der Waals surface area contributed by atoms with Crippen molar-refractivity contribution in [2.24, 2.45) is 11.8 Å². The maximum Gasteiger partial charge on any atom is 0.586 e. The van der Waals surface area contributed by atoms with Crippen molar-refractivity contribution < 1.29 is 55.5 Å². The van der Waals surface area contributed by atoms with Crippen molar-refractivity contribution in [1.82, 2.24) is 19.9 Å². The van der Waals surface area contributed by atoms with Crippen LogP contribution < -0.4 is 37.9 Å². The number of alkyl halides is 4. The number of pyridine rings is 4. The first kappa shape index (κ1) is 55.9. The van der Waals surface area contributed by atoms with Gasteiger partial charge in [0.2, 0.25) is 13.6 Å². The first-order valence-corrected chi connectivity index (χ1v) is 20.4. The van der Waals surface area contributed by atoms with E-state index in [1.807, 2.05) is 39.8 Å². The molecule has 0 aromatic carbocycles. The molecule has 0 saturated heterocycles. The fourth-order valence-corrected chi connectivity index (χ4v) is 4.75. The summed E-state index contributed by atoms with van der Waals surface area (Å²) in [6, 6.07) is 6.98. The van der Waals surface area contributed by atoms with Crippen molar-refractivity contribution in [3.8, 4) is 46.0 Å². The lowest BCUT2D eigenvalue weighted by atomic mass is 10.1. The lowest BCUT2D eigenvalue weighted by molar-refractivity contribution is -0.286. The molecule has 0 bridgehead atoms. The van der Waals surface area contributed by atoms with Crippen molar-refractivity contribution in [1.29, 1.82) is 0 Å². The van der Waals surface area contributed by atoms with Crippen LogP contribution in [0, 0.1) is 11.8 Å². The van der Waals surface area contributed by atoms with Gasteiger partial charge < -0.3 is 37.9 Å². The molecule has 4 aliphatic rings. The SMILES string of the molecule is CC(C)C.CC(C)C.CC(C)c1cc2c(cn1)OC(F)(F)CO2.CC(C)c1cc2c(cn1)OC(F)(F)O2.CC(C)c1cc2c(cn1)OCO2.CC(C)c1cc2c(cn1)OCO2.[B].[B]. The molecule has 0 fully saturated rings. The second-order valence-corrected chi connectivity index (χ2v) is 16.8. The maximum atomic E-state index is 12.8. The summed E-state index contributed by atoms with van der Waals surface area (Å²) in [7, 11) is 0. The zero-order valence-corrected chi connectivity index (χ0v) is 38.9. The second-order valence-electron chi connectivity index (χ2n) is 16.8. The van der Waals surface area contributed by atoms with Crippen LogP contribution in [0.1, 0.15) is 143 Å². The minimum atomic E-state index is -3.56. The maximum absolute atomic E-state index is 12.8. The van der Waals surface area contributed by atoms with E-state index < -0.39 is 19.0 Å². The van der Waals surface area contributed by atoms with E-state index in [2.05, 4.69) is 103 Å². The molecule has 8 rings (SSSR count). The molecule has 0 saturated carbocycles. The van der Waals surface area contributed by atoms with Gasteiger partial charge in [0, 0.05) is 63.9 Å². The third-order valence-corrected chi connectivity index (χ3v) is 7.75. The minimum absolute atomic E-state index is 0. The summed E-state index contributed by atoms with van der Waals surface area (Å²) in [6.45, 7) is 29.1. The molecule has 12 nitrogen and oxygen atoms in total. The van der Waals surface area contributed by atoms with Crippen molar-refractivity contribution in [2.45, 2.75) is 133 Å². The van der Waals surface area contributed by atoms with Gasteiger partial charge in [-0.1, -0.05) is 96.9 Å². The highest BCUT2D eigenvalue weighted by atomic mass is 19.3. The van der Waals surface area contributed by atoms with Crippen molar-refractivity contribution >= 4 is 16.8 Å². The van der Waals surface area contributed by atoms with E-state index in [9.17, 15) is 17.6 Å². The smallest absolute Gasteiger partial charge is 0.479 e. The largest absolute Gasteiger partial charge is 0.586 e. The first-order chi connectivity index (χ1) is 28.5. The normalized spacial score (nSPS) is 14.6. The lowest BCUT2D eigenvalue weighted by Gasteiger charge is -2.25. The molecule has 8 heterocycles. The van der Waals surface area contributed by atoms with Crippen LogP contribution in [-0.2, 0) is 0 Å². The molecule has 63 heavy (non-hydrogen) atoms. The fraction of sp³-hybridized carbons (Fsp3) is 0.556. The van der Waals surface area contributed by atoms with E-state index in [1.165, 1.54) is 18.5 Å². The summed E-state index contributed by atoms with van der Waals surface area (Å²) in [6.07, 6.45) is -0.841. The average Bonchev–Trinajstić information content (AvgIpc) is 3.91. The Morgan fingerprint density at radius 3 is 1.02 bits per heavy atom. The van der Waals surface area contributed by atoms with E-state index in [-0.39, 0.29) is 45.9 Å². The Hall–Kier alpha value is -5.15. The van der Waals surface area contributed by atoms with E-state index >= 15 is 0 Å². The lowest BCUT2D eigenvalue weighted by Crippen LogP contribution is -2.36. The Labute approximate surface area is 374 Å². The zero-order chi connectivity index (χ0) is 45.7. The van der Waals surface area contributed by atoms with Crippen molar-refractivity contribution in [3.63, 3.8) is 0 Å². The van der Waals surface area contributed by atoms with Gasteiger partial charge >= 0.3 is 12.4 Å². The Bertz CT molecular complexity index is 1920. The highest BCUT2D eigenvalue weighted by molar-refractivity contribution is 5.76. The monoisotopic (exact) mass is 884 g/mol. The van der Waals surface area contributed by atoms with Crippen LogP contribution in [0.3, 0.4) is 0 Å². The summed E-state index contributed by atoms with van der Waals surface area (Å²) in [5, 5.41) is 0. The van der Waals surface area contributed by atoms with Crippen LogP contribution in [0.25, 0.3) is 0 Å². The van der Waals surface area contributed by atoms with Gasteiger partial charge in [0.25, 0.3) is 0 Å². The van der Waals surface area contributed by atoms with Gasteiger partial charge in [-0.25, -0.2) is 0 Å². The van der Waals surface area contributed by atoms with E-state index in [0.29, 0.717) is 36.9 Å². The molecule has 0 spiro atoms.